The van der Waals surface area contributed by atoms with Gasteiger partial charge in [-0.05, 0) is 19.1 Å². The van der Waals surface area contributed by atoms with E-state index in [0.717, 1.165) is 28.4 Å². The second-order valence-electron chi connectivity index (χ2n) is 7.26. The van der Waals surface area contributed by atoms with Crippen LogP contribution in [0, 0.1) is 5.82 Å². The lowest BCUT2D eigenvalue weighted by Gasteiger charge is -2.16. The maximum absolute atomic E-state index is 14.1. The molecule has 0 saturated carbocycles. The van der Waals surface area contributed by atoms with E-state index < -0.39 is 42.2 Å². The molecule has 3 rings (SSSR count). The highest BCUT2D eigenvalue weighted by Crippen LogP contribution is 2.32. The molecule has 0 bridgehead atoms. The molecule has 0 unspecified atom stereocenters. The zero-order chi connectivity index (χ0) is 24.1. The van der Waals surface area contributed by atoms with Crippen molar-refractivity contribution in [3.63, 3.8) is 0 Å². The van der Waals surface area contributed by atoms with Gasteiger partial charge in [-0.1, -0.05) is 0 Å². The van der Waals surface area contributed by atoms with E-state index in [2.05, 4.69) is 5.32 Å². The van der Waals surface area contributed by atoms with Gasteiger partial charge in [0, 0.05) is 34.7 Å². The zero-order valence-electron chi connectivity index (χ0n) is 17.9. The third-order valence-electron chi connectivity index (χ3n) is 4.75. The minimum Gasteiger partial charge on any atom is -0.497 e. The molecule has 1 N–H and O–H groups in total. The molecule has 0 aliphatic carbocycles. The number of ketones is 1. The number of halogens is 1. The summed E-state index contributed by atoms with van der Waals surface area (Å²) in [6.45, 7) is 1.09. The summed E-state index contributed by atoms with van der Waals surface area (Å²) in [5.41, 5.74) is 0. The third-order valence-corrected chi connectivity index (χ3v) is 5.87. The van der Waals surface area contributed by atoms with Gasteiger partial charge >= 0.3 is 5.97 Å². The molecule has 2 heterocycles. The minimum absolute atomic E-state index is 0.0282. The Morgan fingerprint density at radius 1 is 1.12 bits per heavy atom. The maximum Gasteiger partial charge on any atom is 0.306 e. The Kier molecular flexibility index (Phi) is 7.54. The number of hydrogen-bond donors (Lipinski definition) is 1. The molecule has 174 valence electrons. The molecule has 1 aliphatic rings. The molecule has 0 spiro atoms. The van der Waals surface area contributed by atoms with Crippen LogP contribution in [-0.4, -0.2) is 60.7 Å². The van der Waals surface area contributed by atoms with Crippen molar-refractivity contribution in [2.24, 2.45) is 0 Å². The Bertz CT molecular complexity index is 1140. The summed E-state index contributed by atoms with van der Waals surface area (Å²) < 4.78 is 24.9. The van der Waals surface area contributed by atoms with Crippen molar-refractivity contribution in [2.75, 3.05) is 20.2 Å². The Morgan fingerprint density at radius 2 is 1.82 bits per heavy atom. The van der Waals surface area contributed by atoms with Crippen molar-refractivity contribution in [1.29, 1.82) is 0 Å². The van der Waals surface area contributed by atoms with Gasteiger partial charge in [0.05, 0.1) is 25.0 Å². The summed E-state index contributed by atoms with van der Waals surface area (Å²) in [6.07, 6.45) is 1.17. The lowest BCUT2D eigenvalue weighted by atomic mass is 10.1. The Hall–Kier alpha value is -3.60. The first kappa shape index (κ1) is 24.1. The number of hydrogen-bond acceptors (Lipinski definition) is 8. The highest BCUT2D eigenvalue weighted by atomic mass is 32.1. The molecule has 1 aliphatic heterocycles. The van der Waals surface area contributed by atoms with Gasteiger partial charge in [-0.25, -0.2) is 4.39 Å². The van der Waals surface area contributed by atoms with Gasteiger partial charge in [0.1, 0.15) is 24.2 Å². The molecule has 1 aromatic heterocycles. The van der Waals surface area contributed by atoms with Crippen molar-refractivity contribution in [3.8, 4) is 5.75 Å². The predicted molar refractivity (Wildman–Crippen MR) is 116 cm³/mol. The van der Waals surface area contributed by atoms with Crippen molar-refractivity contribution in [2.45, 2.75) is 25.9 Å². The van der Waals surface area contributed by atoms with E-state index in [-0.39, 0.29) is 25.2 Å². The minimum atomic E-state index is -0.689. The standard InChI is InChI=1S/C22H21FN2O7S/c1-12(10-24-19(27)11-25-20(28)4-5-21(25)29)32-22(30)6-3-16(26)18-9-14-15(23)7-13(31-2)8-17(14)33-18/h4-5,7-9,12H,3,6,10-11H2,1-2H3,(H,24,27)/t12-/m0/s1. The highest BCUT2D eigenvalue weighted by molar-refractivity contribution is 7.20. The van der Waals surface area contributed by atoms with Crippen LogP contribution in [0.1, 0.15) is 29.4 Å². The fraction of sp³-hybridized carbons (Fsp3) is 0.318. The molecule has 33 heavy (non-hydrogen) atoms. The molecule has 1 aromatic carbocycles. The summed E-state index contributed by atoms with van der Waals surface area (Å²) in [5, 5.41) is 2.78. The first-order valence-electron chi connectivity index (χ1n) is 9.98. The quantitative estimate of drug-likeness (QED) is 0.316. The first-order chi connectivity index (χ1) is 15.7. The van der Waals surface area contributed by atoms with Crippen molar-refractivity contribution < 1.29 is 37.8 Å². The van der Waals surface area contributed by atoms with Crippen molar-refractivity contribution in [3.05, 3.63) is 41.0 Å². The molecule has 1 atom stereocenters. The van der Waals surface area contributed by atoms with Crippen LogP contribution in [-0.2, 0) is 23.9 Å². The number of ether oxygens (including phenoxy) is 2. The third kappa shape index (κ3) is 6.01. The van der Waals surface area contributed by atoms with Gasteiger partial charge in [0.15, 0.2) is 5.78 Å². The number of benzene rings is 1. The number of thiophene rings is 1. The van der Waals surface area contributed by atoms with Crippen molar-refractivity contribution >= 4 is 50.9 Å². The highest BCUT2D eigenvalue weighted by Gasteiger charge is 2.25. The van der Waals surface area contributed by atoms with Crippen LogP contribution in [0.4, 0.5) is 4.39 Å². The van der Waals surface area contributed by atoms with Gasteiger partial charge in [0.25, 0.3) is 11.8 Å². The van der Waals surface area contributed by atoms with Gasteiger partial charge in [-0.15, -0.1) is 11.3 Å². The normalized spacial score (nSPS) is 14.0. The topological polar surface area (TPSA) is 119 Å². The summed E-state index contributed by atoms with van der Waals surface area (Å²) in [7, 11) is 1.42. The Morgan fingerprint density at radius 3 is 2.48 bits per heavy atom. The zero-order valence-corrected chi connectivity index (χ0v) is 18.7. The van der Waals surface area contributed by atoms with Crippen LogP contribution in [0.5, 0.6) is 5.75 Å². The van der Waals surface area contributed by atoms with Crippen LogP contribution >= 0.6 is 11.3 Å². The van der Waals surface area contributed by atoms with E-state index in [1.807, 2.05) is 0 Å². The summed E-state index contributed by atoms with van der Waals surface area (Å²) in [5.74, 6) is -2.81. The van der Waals surface area contributed by atoms with Crippen LogP contribution in [0.3, 0.4) is 0 Å². The summed E-state index contributed by atoms with van der Waals surface area (Å²) >= 11 is 1.11. The lowest BCUT2D eigenvalue weighted by Crippen LogP contribution is -2.42. The number of Topliss-reactive ketones (excluding diaryl/α,β-unsaturated/α-hetero) is 1. The number of esters is 1. The molecule has 0 fully saturated rings. The molecule has 3 amide bonds. The molecular weight excluding hydrogens is 455 g/mol. The molecule has 2 aromatic rings. The number of nitrogens with zero attached hydrogens (tertiary/aromatic N) is 1. The molecule has 9 nitrogen and oxygen atoms in total. The first-order valence-corrected chi connectivity index (χ1v) is 10.8. The van der Waals surface area contributed by atoms with Gasteiger partial charge in [0.2, 0.25) is 5.91 Å². The molecule has 0 saturated heterocycles. The van der Waals surface area contributed by atoms with E-state index in [9.17, 15) is 28.4 Å². The van der Waals surface area contributed by atoms with Crippen LogP contribution in [0.2, 0.25) is 0 Å². The summed E-state index contributed by atoms with van der Waals surface area (Å²) in [6, 6.07) is 4.32. The number of rotatable bonds is 10. The van der Waals surface area contributed by atoms with E-state index >= 15 is 0 Å². The average Bonchev–Trinajstić information content (AvgIpc) is 3.35. The number of carbonyl (C=O) groups excluding carboxylic acids is 5. The van der Waals surface area contributed by atoms with Gasteiger partial charge < -0.3 is 14.8 Å². The van der Waals surface area contributed by atoms with Crippen LogP contribution in [0.25, 0.3) is 10.1 Å². The lowest BCUT2D eigenvalue weighted by molar-refractivity contribution is -0.148. The Balaban J connectivity index is 1.43. The number of methoxy groups -OCH3 is 1. The number of fused-ring (bicyclic) bond motifs is 1. The summed E-state index contributed by atoms with van der Waals surface area (Å²) in [4.78, 5) is 60.4. The number of carbonyl (C=O) groups is 5. The fourth-order valence-electron chi connectivity index (χ4n) is 3.04. The van der Waals surface area contributed by atoms with Crippen LogP contribution < -0.4 is 10.1 Å². The number of nitrogens with one attached hydrogen (secondary N) is 1. The van der Waals surface area contributed by atoms with E-state index in [1.165, 1.54) is 19.2 Å². The van der Waals surface area contributed by atoms with Gasteiger partial charge in [-0.3, -0.25) is 28.9 Å². The molecule has 0 radical (unpaired) electrons. The maximum atomic E-state index is 14.1. The monoisotopic (exact) mass is 476 g/mol. The van der Waals surface area contributed by atoms with Crippen molar-refractivity contribution in [1.82, 2.24) is 10.2 Å². The number of amides is 3. The van der Waals surface area contributed by atoms with Gasteiger partial charge in [-0.2, -0.15) is 0 Å². The fourth-order valence-corrected chi connectivity index (χ4v) is 4.11. The van der Waals surface area contributed by atoms with E-state index in [1.54, 1.807) is 13.0 Å². The largest absolute Gasteiger partial charge is 0.497 e. The SMILES string of the molecule is COc1cc(F)c2cc(C(=O)CCC(=O)O[C@@H](C)CNC(=O)CN3C(=O)C=CC3=O)sc2c1. The number of imide groups is 1. The predicted octanol–water partition coefficient (Wildman–Crippen LogP) is 1.98. The molecule has 11 heteroatoms. The molecular formula is C22H21FN2O7S. The second-order valence-corrected chi connectivity index (χ2v) is 8.34. The Labute approximate surface area is 192 Å². The van der Waals surface area contributed by atoms with E-state index in [4.69, 9.17) is 9.47 Å². The van der Waals surface area contributed by atoms with E-state index in [0.29, 0.717) is 20.7 Å². The smallest absolute Gasteiger partial charge is 0.306 e. The second kappa shape index (κ2) is 10.3. The average molecular weight is 476 g/mol. The van der Waals surface area contributed by atoms with Crippen LogP contribution in [0.15, 0.2) is 30.4 Å².